The van der Waals surface area contributed by atoms with Crippen molar-refractivity contribution in [3.63, 3.8) is 0 Å². The zero-order valence-electron chi connectivity index (χ0n) is 27.1. The molecular formula is C37H45N5S. The van der Waals surface area contributed by atoms with E-state index in [4.69, 9.17) is 27.2 Å². The number of hydrogen-bond donors (Lipinski definition) is 1. The third kappa shape index (κ3) is 5.15. The van der Waals surface area contributed by atoms with Gasteiger partial charge in [-0.3, -0.25) is 0 Å². The number of nitrogens with zero attached hydrogens (tertiary/aromatic N) is 4. The molecule has 8 bridgehead atoms. The molecule has 0 saturated heterocycles. The van der Waals surface area contributed by atoms with Crippen molar-refractivity contribution in [1.29, 1.82) is 0 Å². The summed E-state index contributed by atoms with van der Waals surface area (Å²) in [7, 11) is 0. The van der Waals surface area contributed by atoms with E-state index in [1.807, 2.05) is 0 Å². The van der Waals surface area contributed by atoms with Crippen molar-refractivity contribution in [2.75, 3.05) is 0 Å². The fourth-order valence-electron chi connectivity index (χ4n) is 7.17. The fourth-order valence-corrected chi connectivity index (χ4v) is 7.33. The van der Waals surface area contributed by atoms with E-state index in [1.54, 1.807) is 0 Å². The van der Waals surface area contributed by atoms with Crippen LogP contribution in [0.4, 0.5) is 0 Å². The van der Waals surface area contributed by atoms with Crippen LogP contribution in [-0.4, -0.2) is 24.7 Å². The number of rotatable bonds is 9. The van der Waals surface area contributed by atoms with Crippen molar-refractivity contribution in [2.45, 2.75) is 107 Å². The van der Waals surface area contributed by atoms with Crippen LogP contribution in [0.15, 0.2) is 11.1 Å². The highest BCUT2D eigenvalue weighted by Crippen LogP contribution is 2.38. The lowest BCUT2D eigenvalue weighted by molar-refractivity contribution is 0.787. The van der Waals surface area contributed by atoms with Crippen molar-refractivity contribution in [3.05, 3.63) is 67.8 Å². The topological polar surface area (TPSA) is 58.9 Å². The minimum absolute atomic E-state index is 0.166. The maximum Gasteiger partial charge on any atom is 0.0864 e. The standard InChI is InChI=1S/C37H45N5S/c1-9-23-20-33-27(13-5)31-17-16-29(39-31)26(12-4)30-18-19-32(40-30)28(14-6)36-24(10-2)25(11-3)37(42(36)15-7)34(35(23)41-33)22(8)38-21-43/h16-20,22,41H,9-15H2,1-8H3. The van der Waals surface area contributed by atoms with E-state index in [1.165, 1.54) is 50.0 Å². The van der Waals surface area contributed by atoms with Gasteiger partial charge in [0.05, 0.1) is 45.0 Å². The summed E-state index contributed by atoms with van der Waals surface area (Å²) in [6, 6.07) is 2.17. The first-order chi connectivity index (χ1) is 20.9. The summed E-state index contributed by atoms with van der Waals surface area (Å²) < 4.78 is 2.54. The highest BCUT2D eigenvalue weighted by atomic mass is 32.1. The predicted molar refractivity (Wildman–Crippen MR) is 188 cm³/mol. The van der Waals surface area contributed by atoms with E-state index < -0.39 is 0 Å². The van der Waals surface area contributed by atoms with Crippen LogP contribution in [0.2, 0.25) is 0 Å². The van der Waals surface area contributed by atoms with Gasteiger partial charge in [-0.15, -0.1) is 0 Å². The Kier molecular flexibility index (Phi) is 9.29. The second-order valence-corrected chi connectivity index (χ2v) is 11.5. The Bertz CT molecular complexity index is 1840. The Labute approximate surface area is 261 Å². The molecule has 5 nitrogen and oxygen atoms in total. The molecule has 0 spiro atoms. The summed E-state index contributed by atoms with van der Waals surface area (Å²) in [5.41, 5.74) is 17.9. The summed E-state index contributed by atoms with van der Waals surface area (Å²) in [5.74, 6) is 0. The van der Waals surface area contributed by atoms with Crippen molar-refractivity contribution >= 4 is 63.8 Å². The van der Waals surface area contributed by atoms with Gasteiger partial charge < -0.3 is 9.55 Å². The molecule has 5 heterocycles. The first kappa shape index (κ1) is 30.8. The van der Waals surface area contributed by atoms with Gasteiger partial charge in [-0.2, -0.15) is 0 Å². The minimum atomic E-state index is -0.166. The minimum Gasteiger partial charge on any atom is -0.355 e. The lowest BCUT2D eigenvalue weighted by Crippen LogP contribution is -2.03. The molecule has 43 heavy (non-hydrogen) atoms. The molecule has 1 atom stereocenters. The summed E-state index contributed by atoms with van der Waals surface area (Å²) in [6.07, 6.45) is 14.1. The monoisotopic (exact) mass is 591 g/mol. The molecule has 0 aromatic carbocycles. The number of H-pyrrole nitrogens is 1. The van der Waals surface area contributed by atoms with Crippen molar-refractivity contribution < 1.29 is 0 Å². The number of isothiocyanates is 1. The number of hydrogen-bond acceptors (Lipinski definition) is 4. The van der Waals surface area contributed by atoms with E-state index in [0.717, 1.165) is 78.9 Å². The average molecular weight is 592 g/mol. The van der Waals surface area contributed by atoms with Gasteiger partial charge in [0.2, 0.25) is 0 Å². The zero-order chi connectivity index (χ0) is 30.8. The van der Waals surface area contributed by atoms with E-state index >= 15 is 0 Å². The molecule has 3 aromatic rings. The number of thiocarbonyl (C=S) groups is 1. The third-order valence-corrected chi connectivity index (χ3v) is 9.26. The van der Waals surface area contributed by atoms with Gasteiger partial charge in [-0.25, -0.2) is 15.0 Å². The highest BCUT2D eigenvalue weighted by Gasteiger charge is 2.24. The molecule has 224 valence electrons. The first-order valence-corrected chi connectivity index (χ1v) is 16.6. The molecule has 0 saturated carbocycles. The van der Waals surface area contributed by atoms with Gasteiger partial charge in [-0.1, -0.05) is 41.5 Å². The van der Waals surface area contributed by atoms with Crippen LogP contribution >= 0.6 is 12.2 Å². The molecule has 3 aromatic heterocycles. The van der Waals surface area contributed by atoms with E-state index in [9.17, 15) is 0 Å². The van der Waals surface area contributed by atoms with Crippen LogP contribution < -0.4 is 0 Å². The Hall–Kier alpha value is -3.60. The van der Waals surface area contributed by atoms with E-state index in [0.29, 0.717) is 0 Å². The molecule has 0 aliphatic carbocycles. The molecular weight excluding hydrogens is 547 g/mol. The fraction of sp³-hybridized carbons (Fsp3) is 0.432. The Morgan fingerprint density at radius 3 is 1.72 bits per heavy atom. The van der Waals surface area contributed by atoms with Gasteiger partial charge in [0.15, 0.2) is 0 Å². The summed E-state index contributed by atoms with van der Waals surface area (Å²) >= 11 is 5.18. The maximum atomic E-state index is 5.29. The quantitative estimate of drug-likeness (QED) is 0.137. The van der Waals surface area contributed by atoms with Crippen LogP contribution in [0.3, 0.4) is 0 Å². The first-order valence-electron chi connectivity index (χ1n) is 16.2. The zero-order valence-corrected chi connectivity index (χ0v) is 27.9. The molecule has 1 unspecified atom stereocenters. The van der Waals surface area contributed by atoms with Crippen LogP contribution in [0.25, 0.3) is 46.4 Å². The largest absolute Gasteiger partial charge is 0.355 e. The van der Waals surface area contributed by atoms with Gasteiger partial charge in [0.1, 0.15) is 0 Å². The number of aryl methyl sites for hydroxylation is 6. The van der Waals surface area contributed by atoms with Crippen LogP contribution in [0, 0.1) is 0 Å². The predicted octanol–water partition coefficient (Wildman–Crippen LogP) is 9.69. The normalized spacial score (nSPS) is 13.0. The summed E-state index contributed by atoms with van der Waals surface area (Å²) in [5, 5.41) is 2.71. The number of aliphatic imine (C=N–C) groups is 1. The van der Waals surface area contributed by atoms with Gasteiger partial charge in [0, 0.05) is 39.8 Å². The highest BCUT2D eigenvalue weighted by molar-refractivity contribution is 7.78. The lowest BCUT2D eigenvalue weighted by atomic mass is 9.98. The number of nitrogens with one attached hydrogen (secondary N) is 1. The van der Waals surface area contributed by atoms with Crippen molar-refractivity contribution in [1.82, 2.24) is 19.5 Å². The van der Waals surface area contributed by atoms with Crippen molar-refractivity contribution in [3.8, 4) is 0 Å². The van der Waals surface area contributed by atoms with Gasteiger partial charge >= 0.3 is 0 Å². The number of fused-ring (bicyclic) bond motifs is 8. The average Bonchev–Trinajstić information content (AvgIpc) is 3.81. The Morgan fingerprint density at radius 1 is 0.721 bits per heavy atom. The molecule has 0 amide bonds. The van der Waals surface area contributed by atoms with Crippen molar-refractivity contribution in [2.24, 2.45) is 4.99 Å². The summed E-state index contributed by atoms with van der Waals surface area (Å²) in [4.78, 5) is 19.1. The van der Waals surface area contributed by atoms with Crippen LogP contribution in [0.1, 0.15) is 123 Å². The molecule has 5 rings (SSSR count). The summed E-state index contributed by atoms with van der Waals surface area (Å²) in [6.45, 7) is 18.7. The molecule has 0 radical (unpaired) electrons. The molecule has 0 fully saturated rings. The van der Waals surface area contributed by atoms with Crippen LogP contribution in [-0.2, 0) is 45.1 Å². The Balaban J connectivity index is 2.21. The molecule has 2 aliphatic heterocycles. The second-order valence-electron chi connectivity index (χ2n) is 11.3. The molecule has 6 heteroatoms. The van der Waals surface area contributed by atoms with Crippen LogP contribution in [0.5, 0.6) is 0 Å². The molecule has 1 N–H and O–H groups in total. The maximum absolute atomic E-state index is 5.29. The third-order valence-electron chi connectivity index (χ3n) is 9.16. The SMILES string of the molecule is CCc1c2nc(c(CC)c3cc(CC)c([nH]3)c(C(C)N=C=S)c3c(CC)c(CC)c(c(CC)c4nc1C=C4)n3CC)C=C2. The lowest BCUT2D eigenvalue weighted by Gasteiger charge is -2.14. The van der Waals surface area contributed by atoms with Gasteiger partial charge in [0.25, 0.3) is 0 Å². The Morgan fingerprint density at radius 2 is 1.23 bits per heavy atom. The second kappa shape index (κ2) is 13.0. The number of aromatic amines is 1. The van der Waals surface area contributed by atoms with Gasteiger partial charge in [-0.05, 0) is 112 Å². The smallest absolute Gasteiger partial charge is 0.0864 e. The number of aromatic nitrogens is 4. The van der Waals surface area contributed by atoms with E-state index in [-0.39, 0.29) is 6.04 Å². The van der Waals surface area contributed by atoms with E-state index in [2.05, 4.69) is 100 Å². The molecule has 2 aliphatic rings.